The summed E-state index contributed by atoms with van der Waals surface area (Å²) in [5.41, 5.74) is 0.444. The van der Waals surface area contributed by atoms with E-state index in [1.807, 2.05) is 0 Å². The largest absolute Gasteiger partial charge is 0.317 e. The highest BCUT2D eigenvalue weighted by molar-refractivity contribution is 4.81. The van der Waals surface area contributed by atoms with Gasteiger partial charge in [-0.25, -0.2) is 0 Å². The van der Waals surface area contributed by atoms with E-state index >= 15 is 0 Å². The second-order valence-corrected chi connectivity index (χ2v) is 6.49. The first kappa shape index (κ1) is 14.0. The molecule has 2 unspecified atom stereocenters. The van der Waals surface area contributed by atoms with E-state index in [-0.39, 0.29) is 0 Å². The first-order valence-electron chi connectivity index (χ1n) is 6.86. The fraction of sp³-hybridized carbons (Fsp3) is 1.00. The number of likely N-dealkylation sites (tertiary alicyclic amines) is 1. The molecule has 0 amide bonds. The van der Waals surface area contributed by atoms with Crippen LogP contribution in [0.15, 0.2) is 0 Å². The minimum atomic E-state index is 0.444. The van der Waals surface area contributed by atoms with Gasteiger partial charge < -0.3 is 10.2 Å². The molecule has 0 aliphatic carbocycles. The minimum absolute atomic E-state index is 0.444. The summed E-state index contributed by atoms with van der Waals surface area (Å²) in [6.45, 7) is 17.8. The highest BCUT2D eigenvalue weighted by Gasteiger charge is 2.27. The van der Waals surface area contributed by atoms with Crippen LogP contribution in [0.5, 0.6) is 0 Å². The molecule has 2 nitrogen and oxygen atoms in total. The minimum Gasteiger partial charge on any atom is -0.317 e. The molecule has 0 saturated carbocycles. The van der Waals surface area contributed by atoms with Crippen molar-refractivity contribution in [2.75, 3.05) is 32.7 Å². The number of nitrogens with one attached hydrogen (secondary N) is 1. The van der Waals surface area contributed by atoms with Gasteiger partial charge in [-0.1, -0.05) is 34.6 Å². The van der Waals surface area contributed by atoms with E-state index in [1.54, 1.807) is 0 Å². The Morgan fingerprint density at radius 2 is 2.06 bits per heavy atom. The van der Waals surface area contributed by atoms with Crippen molar-refractivity contribution < 1.29 is 0 Å². The lowest BCUT2D eigenvalue weighted by Gasteiger charge is -2.31. The molecule has 2 atom stereocenters. The maximum Gasteiger partial charge on any atom is 0.00224 e. The Kier molecular flexibility index (Phi) is 5.26. The van der Waals surface area contributed by atoms with Gasteiger partial charge in [-0.3, -0.25) is 0 Å². The summed E-state index contributed by atoms with van der Waals surface area (Å²) in [4.78, 5) is 2.65. The maximum absolute atomic E-state index is 3.47. The monoisotopic (exact) mass is 226 g/mol. The van der Waals surface area contributed by atoms with Crippen LogP contribution in [0.25, 0.3) is 0 Å². The third-order valence-electron chi connectivity index (χ3n) is 4.06. The zero-order valence-electron chi connectivity index (χ0n) is 11.8. The molecular formula is C14H30N2. The molecule has 1 aliphatic heterocycles. The third kappa shape index (κ3) is 4.42. The van der Waals surface area contributed by atoms with Crippen LogP contribution < -0.4 is 5.32 Å². The van der Waals surface area contributed by atoms with Crippen molar-refractivity contribution in [1.82, 2.24) is 10.2 Å². The summed E-state index contributed by atoms with van der Waals surface area (Å²) in [5.74, 6) is 1.66. The molecule has 0 bridgehead atoms. The Hall–Kier alpha value is -0.0800. The summed E-state index contributed by atoms with van der Waals surface area (Å²) in [7, 11) is 0. The van der Waals surface area contributed by atoms with Crippen LogP contribution in [-0.4, -0.2) is 37.6 Å². The normalized spacial score (nSPS) is 24.9. The molecule has 0 spiro atoms. The molecule has 1 saturated heterocycles. The molecule has 1 aliphatic rings. The zero-order valence-corrected chi connectivity index (χ0v) is 11.8. The van der Waals surface area contributed by atoms with Crippen molar-refractivity contribution in [3.63, 3.8) is 0 Å². The van der Waals surface area contributed by atoms with Gasteiger partial charge in [0.1, 0.15) is 0 Å². The van der Waals surface area contributed by atoms with Crippen LogP contribution in [0.3, 0.4) is 0 Å². The van der Waals surface area contributed by atoms with E-state index in [2.05, 4.69) is 44.8 Å². The van der Waals surface area contributed by atoms with E-state index in [1.165, 1.54) is 32.6 Å². The Bertz CT molecular complexity index is 195. The van der Waals surface area contributed by atoms with Crippen molar-refractivity contribution >= 4 is 0 Å². The highest BCUT2D eigenvalue weighted by atomic mass is 15.2. The molecule has 0 radical (unpaired) electrons. The average molecular weight is 226 g/mol. The molecule has 0 aromatic carbocycles. The molecule has 16 heavy (non-hydrogen) atoms. The van der Waals surface area contributed by atoms with Gasteiger partial charge in [0.15, 0.2) is 0 Å². The van der Waals surface area contributed by atoms with Gasteiger partial charge in [-0.2, -0.15) is 0 Å². The molecule has 2 heteroatoms. The lowest BCUT2D eigenvalue weighted by atomic mass is 9.82. The first-order valence-corrected chi connectivity index (χ1v) is 6.86. The van der Waals surface area contributed by atoms with Gasteiger partial charge in [0.05, 0.1) is 0 Å². The van der Waals surface area contributed by atoms with Crippen molar-refractivity contribution in [2.45, 2.75) is 41.0 Å². The van der Waals surface area contributed by atoms with Crippen LogP contribution in [0.2, 0.25) is 0 Å². The molecule has 0 aromatic rings. The number of nitrogens with zero attached hydrogens (tertiary/aromatic N) is 1. The standard InChI is InChI=1S/C14H30N2/c1-6-15-9-13-7-8-16(11-13)10-12(2)14(3,4)5/h12-13,15H,6-11H2,1-5H3. The molecule has 96 valence electrons. The third-order valence-corrected chi connectivity index (χ3v) is 4.06. The number of hydrogen-bond donors (Lipinski definition) is 1. The lowest BCUT2D eigenvalue weighted by Crippen LogP contribution is -2.33. The summed E-state index contributed by atoms with van der Waals surface area (Å²) in [6.07, 6.45) is 1.38. The van der Waals surface area contributed by atoms with E-state index in [0.29, 0.717) is 5.41 Å². The Labute approximate surface area is 102 Å². The van der Waals surface area contributed by atoms with Crippen molar-refractivity contribution in [3.8, 4) is 0 Å². The molecule has 1 N–H and O–H groups in total. The van der Waals surface area contributed by atoms with Crippen molar-refractivity contribution in [3.05, 3.63) is 0 Å². The maximum atomic E-state index is 3.47. The van der Waals surface area contributed by atoms with Crippen LogP contribution in [0.1, 0.15) is 41.0 Å². The van der Waals surface area contributed by atoms with Gasteiger partial charge in [0.25, 0.3) is 0 Å². The van der Waals surface area contributed by atoms with Crippen molar-refractivity contribution in [1.29, 1.82) is 0 Å². The summed E-state index contributed by atoms with van der Waals surface area (Å²) in [6, 6.07) is 0. The summed E-state index contributed by atoms with van der Waals surface area (Å²) >= 11 is 0. The number of rotatable bonds is 5. The van der Waals surface area contributed by atoms with Gasteiger partial charge in [0, 0.05) is 13.1 Å². The zero-order chi connectivity index (χ0) is 12.2. The topological polar surface area (TPSA) is 15.3 Å². The number of hydrogen-bond acceptors (Lipinski definition) is 2. The summed E-state index contributed by atoms with van der Waals surface area (Å²) < 4.78 is 0. The van der Waals surface area contributed by atoms with E-state index in [9.17, 15) is 0 Å². The quantitative estimate of drug-likeness (QED) is 0.775. The molecule has 1 heterocycles. The fourth-order valence-corrected chi connectivity index (χ4v) is 2.25. The molecule has 1 rings (SSSR count). The second kappa shape index (κ2) is 6.02. The van der Waals surface area contributed by atoms with Crippen LogP contribution >= 0.6 is 0 Å². The van der Waals surface area contributed by atoms with Gasteiger partial charge in [-0.15, -0.1) is 0 Å². The lowest BCUT2D eigenvalue weighted by molar-refractivity contribution is 0.179. The molecular weight excluding hydrogens is 196 g/mol. The van der Waals surface area contributed by atoms with Crippen molar-refractivity contribution in [2.24, 2.45) is 17.3 Å². The smallest absolute Gasteiger partial charge is 0.00224 e. The van der Waals surface area contributed by atoms with Gasteiger partial charge in [-0.05, 0) is 43.3 Å². The SMILES string of the molecule is CCNCC1CCN(CC(C)C(C)(C)C)C1. The van der Waals surface area contributed by atoms with Crippen LogP contribution in [0.4, 0.5) is 0 Å². The van der Waals surface area contributed by atoms with E-state index in [0.717, 1.165) is 18.4 Å². The van der Waals surface area contributed by atoms with Crippen LogP contribution in [-0.2, 0) is 0 Å². The molecule has 0 aromatic heterocycles. The Morgan fingerprint density at radius 3 is 2.62 bits per heavy atom. The fourth-order valence-electron chi connectivity index (χ4n) is 2.25. The average Bonchev–Trinajstić information content (AvgIpc) is 2.61. The molecule has 1 fully saturated rings. The predicted molar refractivity (Wildman–Crippen MR) is 71.7 cm³/mol. The van der Waals surface area contributed by atoms with Gasteiger partial charge in [0.2, 0.25) is 0 Å². The van der Waals surface area contributed by atoms with Gasteiger partial charge >= 0.3 is 0 Å². The summed E-state index contributed by atoms with van der Waals surface area (Å²) in [5, 5.41) is 3.47. The highest BCUT2D eigenvalue weighted by Crippen LogP contribution is 2.27. The van der Waals surface area contributed by atoms with E-state index in [4.69, 9.17) is 0 Å². The second-order valence-electron chi connectivity index (χ2n) is 6.49. The van der Waals surface area contributed by atoms with Crippen LogP contribution in [0, 0.1) is 17.3 Å². The Morgan fingerprint density at radius 1 is 1.38 bits per heavy atom. The van der Waals surface area contributed by atoms with E-state index < -0.39 is 0 Å². The predicted octanol–water partition coefficient (Wildman–Crippen LogP) is 2.60. The Balaban J connectivity index is 2.26. The first-order chi connectivity index (χ1) is 7.43.